The van der Waals surface area contributed by atoms with E-state index in [2.05, 4.69) is 37.9 Å². The van der Waals surface area contributed by atoms with Crippen LogP contribution in [0.3, 0.4) is 0 Å². The zero-order chi connectivity index (χ0) is 25.8. The largest absolute Gasteiger partial charge is 0.483 e. The smallest absolute Gasteiger partial charge is 0.343 e. The Morgan fingerprint density at radius 3 is 2.32 bits per heavy atom. The molecule has 2 aromatic rings. The van der Waals surface area contributed by atoms with Gasteiger partial charge in [0.1, 0.15) is 5.58 Å². The van der Waals surface area contributed by atoms with E-state index in [-0.39, 0.29) is 12.9 Å². The first kappa shape index (κ1) is 28.4. The molecule has 0 spiro atoms. The highest BCUT2D eigenvalue weighted by molar-refractivity contribution is 5.93. The summed E-state index contributed by atoms with van der Waals surface area (Å²) in [6.07, 6.45) is 3.20. The number of carboxylic acids is 1. The van der Waals surface area contributed by atoms with Crippen LogP contribution in [-0.2, 0) is 20.8 Å². The summed E-state index contributed by atoms with van der Waals surface area (Å²) in [5.74, 6) is -1.15. The molecular formula is C25H34N2O7. The van der Waals surface area contributed by atoms with E-state index in [0.29, 0.717) is 23.5 Å². The highest BCUT2D eigenvalue weighted by Gasteiger charge is 2.16. The van der Waals surface area contributed by atoms with Crippen molar-refractivity contribution in [2.45, 2.75) is 53.5 Å². The van der Waals surface area contributed by atoms with Crippen LogP contribution in [-0.4, -0.2) is 47.7 Å². The third kappa shape index (κ3) is 8.38. The summed E-state index contributed by atoms with van der Waals surface area (Å²) in [7, 11) is 0. The first-order chi connectivity index (χ1) is 16.1. The van der Waals surface area contributed by atoms with Gasteiger partial charge < -0.3 is 24.8 Å². The second-order valence-electron chi connectivity index (χ2n) is 8.18. The van der Waals surface area contributed by atoms with E-state index < -0.39 is 23.5 Å². The molecule has 0 aliphatic rings. The summed E-state index contributed by atoms with van der Waals surface area (Å²) in [5.41, 5.74) is 2.21. The van der Waals surface area contributed by atoms with Gasteiger partial charge in [-0.05, 0) is 56.9 Å². The lowest BCUT2D eigenvalue weighted by Gasteiger charge is -2.21. The van der Waals surface area contributed by atoms with E-state index in [1.807, 2.05) is 18.2 Å². The first-order valence-electron chi connectivity index (χ1n) is 11.2. The van der Waals surface area contributed by atoms with Crippen LogP contribution < -0.4 is 15.8 Å². The number of fused-ring (bicyclic) bond motifs is 1. The Bertz CT molecular complexity index is 1070. The molecule has 3 N–H and O–H groups in total. The predicted octanol–water partition coefficient (Wildman–Crippen LogP) is 3.53. The van der Waals surface area contributed by atoms with Crippen LogP contribution in [0.15, 0.2) is 33.5 Å². The number of hydrogen-bond acceptors (Lipinski definition) is 6. The molecule has 0 aliphatic carbocycles. The minimum atomic E-state index is -0.991. The fourth-order valence-electron chi connectivity index (χ4n) is 3.61. The summed E-state index contributed by atoms with van der Waals surface area (Å²) < 4.78 is 5.62. The molecule has 34 heavy (non-hydrogen) atoms. The van der Waals surface area contributed by atoms with E-state index in [0.717, 1.165) is 29.7 Å². The lowest BCUT2D eigenvalue weighted by molar-refractivity contribution is -0.137. The maximum atomic E-state index is 12.8. The van der Waals surface area contributed by atoms with E-state index >= 15 is 0 Å². The number of nitrogens with one attached hydrogen (secondary N) is 1. The summed E-state index contributed by atoms with van der Waals surface area (Å²) in [6, 6.07) is 5.36. The number of rotatable bonds is 10. The number of carbonyl (C=O) groups is 3. The monoisotopic (exact) mass is 474 g/mol. The molecule has 1 amide bonds. The normalized spacial score (nSPS) is 11.7. The number of aliphatic carboxylic acids is 1. The Morgan fingerprint density at radius 2 is 1.79 bits per heavy atom. The molecule has 1 heterocycles. The molecule has 2 rings (SSSR count). The van der Waals surface area contributed by atoms with Gasteiger partial charge in [0.15, 0.2) is 0 Å². The van der Waals surface area contributed by atoms with Crippen LogP contribution in [0.1, 0.15) is 52.2 Å². The van der Waals surface area contributed by atoms with Crippen LogP contribution in [0.25, 0.3) is 17.0 Å². The summed E-state index contributed by atoms with van der Waals surface area (Å²) in [4.78, 5) is 46.3. The van der Waals surface area contributed by atoms with Crippen LogP contribution in [0.5, 0.6) is 0 Å². The second kappa shape index (κ2) is 13.8. The predicted molar refractivity (Wildman–Crippen MR) is 132 cm³/mol. The van der Waals surface area contributed by atoms with E-state index in [9.17, 15) is 14.4 Å². The van der Waals surface area contributed by atoms with Crippen molar-refractivity contribution in [3.05, 3.63) is 45.8 Å². The Kier molecular flexibility index (Phi) is 11.5. The number of amides is 1. The molecule has 0 radical (unpaired) electrons. The molecule has 0 saturated carbocycles. The van der Waals surface area contributed by atoms with Crippen LogP contribution in [0.4, 0.5) is 5.69 Å². The Hall–Kier alpha value is -3.62. The van der Waals surface area contributed by atoms with Crippen LogP contribution in [0.2, 0.25) is 0 Å². The molecular weight excluding hydrogens is 440 g/mol. The van der Waals surface area contributed by atoms with Crippen LogP contribution >= 0.6 is 0 Å². The van der Waals surface area contributed by atoms with Gasteiger partial charge in [-0.15, -0.1) is 0 Å². The minimum Gasteiger partial charge on any atom is -0.483 e. The Morgan fingerprint density at radius 1 is 1.18 bits per heavy atom. The van der Waals surface area contributed by atoms with Crippen molar-refractivity contribution in [1.82, 2.24) is 5.32 Å². The Labute approximate surface area is 199 Å². The quantitative estimate of drug-likeness (QED) is 0.270. The second-order valence-corrected chi connectivity index (χ2v) is 8.18. The highest BCUT2D eigenvalue weighted by atomic mass is 16.4. The molecule has 1 aromatic carbocycles. The standard InChI is InChI=1S/C24H32N2O5.CH2O2/c1-6-26(7-2)17-8-9-18-20(12-15(3)4)19(24(30)31-21(18)14-17)10-11-22(27)25-16(5)13-23(28)29;2-1-3/h8-11,14-16H,6-7,12-13H2,1-5H3,(H,25,27)(H,28,29);1H,(H,2,3)/b11-10+;. The maximum absolute atomic E-state index is 12.8. The summed E-state index contributed by atoms with van der Waals surface area (Å²) >= 11 is 0. The third-order valence-electron chi connectivity index (χ3n) is 5.05. The zero-order valence-corrected chi connectivity index (χ0v) is 20.3. The van der Waals surface area contributed by atoms with Gasteiger partial charge in [-0.25, -0.2) is 4.79 Å². The van der Waals surface area contributed by atoms with Crippen LogP contribution in [0, 0.1) is 5.92 Å². The molecule has 0 saturated heterocycles. The fraction of sp³-hybridized carbons (Fsp3) is 0.440. The lowest BCUT2D eigenvalue weighted by Crippen LogP contribution is -2.32. The summed E-state index contributed by atoms with van der Waals surface area (Å²) in [6.45, 7) is 11.3. The van der Waals surface area contributed by atoms with Gasteiger partial charge in [0.25, 0.3) is 6.47 Å². The molecule has 1 aromatic heterocycles. The van der Waals surface area contributed by atoms with Gasteiger partial charge in [0.2, 0.25) is 5.91 Å². The first-order valence-corrected chi connectivity index (χ1v) is 11.2. The highest BCUT2D eigenvalue weighted by Crippen LogP contribution is 2.27. The fourth-order valence-corrected chi connectivity index (χ4v) is 3.61. The van der Waals surface area contributed by atoms with Crippen molar-refractivity contribution < 1.29 is 29.0 Å². The number of carbonyl (C=O) groups excluding carboxylic acids is 1. The molecule has 0 bridgehead atoms. The van der Waals surface area contributed by atoms with Gasteiger partial charge in [-0.2, -0.15) is 0 Å². The van der Waals surface area contributed by atoms with Crippen molar-refractivity contribution in [1.29, 1.82) is 0 Å². The summed E-state index contributed by atoms with van der Waals surface area (Å²) in [5, 5.41) is 19.1. The van der Waals surface area contributed by atoms with Gasteiger partial charge in [0, 0.05) is 42.3 Å². The van der Waals surface area contributed by atoms with Gasteiger partial charge >= 0.3 is 11.6 Å². The topological polar surface area (TPSA) is 137 Å². The maximum Gasteiger partial charge on any atom is 0.343 e. The zero-order valence-electron chi connectivity index (χ0n) is 20.3. The average Bonchev–Trinajstić information content (AvgIpc) is 2.73. The molecule has 186 valence electrons. The molecule has 0 fully saturated rings. The van der Waals surface area contributed by atoms with E-state index in [1.165, 1.54) is 12.2 Å². The number of hydrogen-bond donors (Lipinski definition) is 3. The van der Waals surface area contributed by atoms with Crippen molar-refractivity contribution in [3.63, 3.8) is 0 Å². The van der Waals surface area contributed by atoms with Crippen molar-refractivity contribution in [2.75, 3.05) is 18.0 Å². The molecule has 0 aliphatic heterocycles. The minimum absolute atomic E-state index is 0.175. The van der Waals surface area contributed by atoms with Crippen molar-refractivity contribution in [2.24, 2.45) is 5.92 Å². The van der Waals surface area contributed by atoms with Gasteiger partial charge in [-0.1, -0.05) is 13.8 Å². The van der Waals surface area contributed by atoms with Crippen molar-refractivity contribution in [3.8, 4) is 0 Å². The Balaban J connectivity index is 0.00000182. The van der Waals surface area contributed by atoms with E-state index in [1.54, 1.807) is 6.92 Å². The van der Waals surface area contributed by atoms with Gasteiger partial charge in [-0.3, -0.25) is 14.4 Å². The molecule has 9 nitrogen and oxygen atoms in total. The van der Waals surface area contributed by atoms with Crippen molar-refractivity contribution >= 4 is 41.1 Å². The third-order valence-corrected chi connectivity index (χ3v) is 5.05. The molecule has 9 heteroatoms. The average molecular weight is 475 g/mol. The number of benzene rings is 1. The molecule has 1 atom stereocenters. The lowest BCUT2D eigenvalue weighted by atomic mass is 9.95. The van der Waals surface area contributed by atoms with E-state index in [4.69, 9.17) is 19.4 Å². The number of nitrogens with zero attached hydrogens (tertiary/aromatic N) is 1. The number of anilines is 1. The number of carboxylic acid groups (broad SMARTS) is 2. The molecule has 1 unspecified atom stereocenters. The van der Waals surface area contributed by atoms with Gasteiger partial charge in [0.05, 0.1) is 12.0 Å². The SMILES string of the molecule is CCN(CC)c1ccc2c(CC(C)C)c(/C=C/C(=O)NC(C)CC(=O)O)c(=O)oc2c1.O=CO.